The van der Waals surface area contributed by atoms with Gasteiger partial charge in [-0.15, -0.1) is 0 Å². The smallest absolute Gasteiger partial charge is 0.186 e. The summed E-state index contributed by atoms with van der Waals surface area (Å²) < 4.78 is 2.19. The molecule has 33 heavy (non-hydrogen) atoms. The van der Waals surface area contributed by atoms with Crippen LogP contribution in [0.4, 0.5) is 0 Å². The number of carbonyl (C=O) groups is 1. The number of aryl methyl sites for hydroxylation is 1. The summed E-state index contributed by atoms with van der Waals surface area (Å²) in [5, 5.41) is 0. The minimum Gasteiger partial charge on any atom is -0.296 e. The number of nitrogens with zero attached hydrogens (tertiary/aromatic N) is 2. The summed E-state index contributed by atoms with van der Waals surface area (Å²) in [7, 11) is 0. The standard InChI is InChI=1S/C30H24N2O/c1-2-25-19-12-20-28-31-29(24-17-10-5-11-18-24)30(32(25)28)26(22-13-6-3-7-14-22)21-27(33)23-15-8-4-9-16-23/h3-21H,2H2,1H3/b26-21-. The van der Waals surface area contributed by atoms with E-state index >= 15 is 0 Å². The fourth-order valence-corrected chi connectivity index (χ4v) is 4.20. The molecule has 0 unspecified atom stereocenters. The first-order valence-corrected chi connectivity index (χ1v) is 11.2. The van der Waals surface area contributed by atoms with Crippen molar-refractivity contribution in [3.63, 3.8) is 0 Å². The molecule has 0 radical (unpaired) electrons. The molecule has 0 aliphatic rings. The number of hydrogen-bond acceptors (Lipinski definition) is 2. The minimum absolute atomic E-state index is 0.0302. The number of carbonyl (C=O) groups excluding carboxylic acids is 1. The zero-order valence-electron chi connectivity index (χ0n) is 18.5. The monoisotopic (exact) mass is 428 g/mol. The van der Waals surface area contributed by atoms with Gasteiger partial charge in [-0.3, -0.25) is 9.20 Å². The van der Waals surface area contributed by atoms with E-state index in [1.165, 1.54) is 0 Å². The Morgan fingerprint density at radius 1 is 0.758 bits per heavy atom. The molecule has 0 spiro atoms. The summed E-state index contributed by atoms with van der Waals surface area (Å²) in [6.45, 7) is 2.14. The van der Waals surface area contributed by atoms with Crippen molar-refractivity contribution < 1.29 is 4.79 Å². The highest BCUT2D eigenvalue weighted by atomic mass is 16.1. The Bertz CT molecular complexity index is 1430. The van der Waals surface area contributed by atoms with Gasteiger partial charge in [0.05, 0.1) is 11.4 Å². The molecule has 2 heterocycles. The van der Waals surface area contributed by atoms with Crippen molar-refractivity contribution >= 4 is 17.0 Å². The maximum atomic E-state index is 13.4. The van der Waals surface area contributed by atoms with Gasteiger partial charge >= 0.3 is 0 Å². The molecular formula is C30H24N2O. The van der Waals surface area contributed by atoms with Crippen LogP contribution in [0, 0.1) is 0 Å². The Kier molecular flexibility index (Phi) is 5.69. The van der Waals surface area contributed by atoms with Crippen LogP contribution in [0.1, 0.15) is 34.2 Å². The highest BCUT2D eigenvalue weighted by Gasteiger charge is 2.21. The van der Waals surface area contributed by atoms with E-state index in [2.05, 4.69) is 29.5 Å². The third-order valence-corrected chi connectivity index (χ3v) is 5.81. The molecular weight excluding hydrogens is 404 g/mol. The predicted octanol–water partition coefficient (Wildman–Crippen LogP) is 6.88. The number of rotatable bonds is 6. The van der Waals surface area contributed by atoms with Crippen LogP contribution in [0.25, 0.3) is 22.5 Å². The van der Waals surface area contributed by atoms with Crippen molar-refractivity contribution in [2.24, 2.45) is 0 Å². The molecule has 2 aromatic heterocycles. The lowest BCUT2D eigenvalue weighted by Crippen LogP contribution is -2.04. The lowest BCUT2D eigenvalue weighted by atomic mass is 9.96. The minimum atomic E-state index is -0.0302. The van der Waals surface area contributed by atoms with Crippen molar-refractivity contribution in [3.8, 4) is 11.3 Å². The molecule has 0 bridgehead atoms. The topological polar surface area (TPSA) is 34.4 Å². The van der Waals surface area contributed by atoms with Gasteiger partial charge in [0.2, 0.25) is 0 Å². The first-order valence-electron chi connectivity index (χ1n) is 11.2. The maximum absolute atomic E-state index is 13.4. The second-order valence-electron chi connectivity index (χ2n) is 7.89. The summed E-state index contributed by atoms with van der Waals surface area (Å²) in [6.07, 6.45) is 2.61. The highest BCUT2D eigenvalue weighted by Crippen LogP contribution is 2.34. The molecule has 0 N–H and O–H groups in total. The van der Waals surface area contributed by atoms with Gasteiger partial charge in [0, 0.05) is 22.4 Å². The van der Waals surface area contributed by atoms with Gasteiger partial charge in [-0.25, -0.2) is 4.98 Å². The van der Waals surface area contributed by atoms with Gasteiger partial charge < -0.3 is 0 Å². The number of allylic oxidation sites excluding steroid dienone is 1. The molecule has 0 atom stereocenters. The molecule has 160 valence electrons. The van der Waals surface area contributed by atoms with E-state index in [9.17, 15) is 4.79 Å². The number of hydrogen-bond donors (Lipinski definition) is 0. The number of ketones is 1. The van der Waals surface area contributed by atoms with Gasteiger partial charge in [0.25, 0.3) is 0 Å². The Balaban J connectivity index is 1.84. The molecule has 0 aliphatic heterocycles. The van der Waals surface area contributed by atoms with Crippen LogP contribution in [0.3, 0.4) is 0 Å². The molecule has 3 heteroatoms. The Hall–Kier alpha value is -4.24. The second-order valence-corrected chi connectivity index (χ2v) is 7.89. The van der Waals surface area contributed by atoms with Crippen LogP contribution in [-0.2, 0) is 6.42 Å². The van der Waals surface area contributed by atoms with Crippen molar-refractivity contribution in [3.05, 3.63) is 138 Å². The lowest BCUT2D eigenvalue weighted by Gasteiger charge is -2.14. The van der Waals surface area contributed by atoms with Crippen molar-refractivity contribution in [1.82, 2.24) is 9.38 Å². The average molecular weight is 429 g/mol. The van der Waals surface area contributed by atoms with Gasteiger partial charge in [-0.2, -0.15) is 0 Å². The summed E-state index contributed by atoms with van der Waals surface area (Å²) in [5.74, 6) is -0.0302. The molecule has 0 saturated heterocycles. The summed E-state index contributed by atoms with van der Waals surface area (Å²) >= 11 is 0. The molecule has 3 aromatic carbocycles. The van der Waals surface area contributed by atoms with Crippen LogP contribution in [-0.4, -0.2) is 15.2 Å². The Morgan fingerprint density at radius 3 is 2.00 bits per heavy atom. The number of fused-ring (bicyclic) bond motifs is 1. The third kappa shape index (κ3) is 4.01. The van der Waals surface area contributed by atoms with E-state index in [1.54, 1.807) is 6.08 Å². The quantitative estimate of drug-likeness (QED) is 0.218. The largest absolute Gasteiger partial charge is 0.296 e. The van der Waals surface area contributed by atoms with E-state index in [0.29, 0.717) is 5.56 Å². The van der Waals surface area contributed by atoms with Gasteiger partial charge in [-0.1, -0.05) is 104 Å². The normalized spacial score (nSPS) is 11.6. The van der Waals surface area contributed by atoms with E-state index in [0.717, 1.165) is 45.8 Å². The van der Waals surface area contributed by atoms with Gasteiger partial charge in [0.1, 0.15) is 5.65 Å². The van der Waals surface area contributed by atoms with E-state index in [1.807, 2.05) is 91.0 Å². The summed E-state index contributed by atoms with van der Waals surface area (Å²) in [5.41, 5.74) is 7.34. The number of benzene rings is 3. The fraction of sp³-hybridized carbons (Fsp3) is 0.0667. The fourth-order valence-electron chi connectivity index (χ4n) is 4.20. The second kappa shape index (κ2) is 9.09. The van der Waals surface area contributed by atoms with Gasteiger partial charge in [0.15, 0.2) is 5.78 Å². The van der Waals surface area contributed by atoms with Crippen LogP contribution in [0.15, 0.2) is 115 Å². The number of aromatic nitrogens is 2. The highest BCUT2D eigenvalue weighted by molar-refractivity contribution is 6.11. The van der Waals surface area contributed by atoms with Crippen molar-refractivity contribution in [2.75, 3.05) is 0 Å². The SMILES string of the molecule is CCc1cccc2nc(-c3ccccc3)c(/C(=C\C(=O)c3ccccc3)c3ccccc3)n12. The van der Waals surface area contributed by atoms with E-state index < -0.39 is 0 Å². The molecule has 0 amide bonds. The van der Waals surface area contributed by atoms with E-state index in [4.69, 9.17) is 4.98 Å². The van der Waals surface area contributed by atoms with Crippen LogP contribution in [0.5, 0.6) is 0 Å². The molecule has 0 saturated carbocycles. The first kappa shape index (κ1) is 20.7. The van der Waals surface area contributed by atoms with Crippen molar-refractivity contribution in [1.29, 1.82) is 0 Å². The first-order chi connectivity index (χ1) is 16.3. The molecule has 5 aromatic rings. The summed E-state index contributed by atoms with van der Waals surface area (Å²) in [6, 6.07) is 35.9. The number of pyridine rings is 1. The van der Waals surface area contributed by atoms with Gasteiger partial charge in [-0.05, 0) is 30.2 Å². The molecule has 3 nitrogen and oxygen atoms in total. The third-order valence-electron chi connectivity index (χ3n) is 5.81. The van der Waals surface area contributed by atoms with Crippen molar-refractivity contribution in [2.45, 2.75) is 13.3 Å². The molecule has 5 rings (SSSR count). The lowest BCUT2D eigenvalue weighted by molar-refractivity contribution is 0.104. The maximum Gasteiger partial charge on any atom is 0.186 e. The van der Waals surface area contributed by atoms with Crippen LogP contribution >= 0.6 is 0 Å². The average Bonchev–Trinajstić information content (AvgIpc) is 3.28. The molecule has 0 aliphatic carbocycles. The zero-order chi connectivity index (χ0) is 22.6. The predicted molar refractivity (Wildman–Crippen MR) is 134 cm³/mol. The Labute approximate surface area is 193 Å². The molecule has 0 fully saturated rings. The van der Waals surface area contributed by atoms with E-state index in [-0.39, 0.29) is 5.78 Å². The summed E-state index contributed by atoms with van der Waals surface area (Å²) in [4.78, 5) is 18.4. The van der Waals surface area contributed by atoms with Crippen LogP contribution < -0.4 is 0 Å². The van der Waals surface area contributed by atoms with Crippen LogP contribution in [0.2, 0.25) is 0 Å². The number of imidazole rings is 1. The zero-order valence-corrected chi connectivity index (χ0v) is 18.5. The Morgan fingerprint density at radius 2 is 1.36 bits per heavy atom.